The van der Waals surface area contributed by atoms with E-state index in [0.29, 0.717) is 6.54 Å². The molecule has 0 aromatic carbocycles. The van der Waals surface area contributed by atoms with E-state index >= 15 is 0 Å². The number of nitrogens with zero attached hydrogens (tertiary/aromatic N) is 5. The fourth-order valence-electron chi connectivity index (χ4n) is 2.15. The molecule has 20 heavy (non-hydrogen) atoms. The monoisotopic (exact) mass is 353 g/mol. The van der Waals surface area contributed by atoms with Crippen molar-refractivity contribution in [1.29, 1.82) is 0 Å². The predicted molar refractivity (Wildman–Crippen MR) is 81.8 cm³/mol. The first-order valence-corrected chi connectivity index (χ1v) is 7.41. The lowest BCUT2D eigenvalue weighted by molar-refractivity contribution is 0.672. The van der Waals surface area contributed by atoms with Crippen LogP contribution in [0.3, 0.4) is 0 Å². The molecular weight excluding hydrogens is 342 g/mol. The summed E-state index contributed by atoms with van der Waals surface area (Å²) < 4.78 is 4.90. The molecule has 0 bridgehead atoms. The van der Waals surface area contributed by atoms with Crippen LogP contribution in [0.15, 0.2) is 29.1 Å². The van der Waals surface area contributed by atoms with Crippen LogP contribution in [0.25, 0.3) is 11.2 Å². The number of aryl methyl sites for hydroxylation is 1. The average molecular weight is 355 g/mol. The molecular formula is C13H13BrClN5. The Morgan fingerprint density at radius 3 is 2.85 bits per heavy atom. The van der Waals surface area contributed by atoms with Gasteiger partial charge in [-0.2, -0.15) is 0 Å². The van der Waals surface area contributed by atoms with Crippen molar-refractivity contribution in [3.8, 4) is 0 Å². The number of hydrogen-bond acceptors (Lipinski definition) is 3. The molecule has 3 rings (SSSR count). The minimum atomic E-state index is -0.191. The van der Waals surface area contributed by atoms with Crippen molar-refractivity contribution >= 4 is 38.7 Å². The van der Waals surface area contributed by atoms with Gasteiger partial charge in [0.2, 0.25) is 0 Å². The second-order valence-corrected chi connectivity index (χ2v) is 6.19. The van der Waals surface area contributed by atoms with Crippen molar-refractivity contribution in [2.24, 2.45) is 7.05 Å². The number of rotatable bonds is 3. The molecule has 0 aliphatic heterocycles. The molecule has 0 saturated heterocycles. The van der Waals surface area contributed by atoms with Gasteiger partial charge in [0.25, 0.3) is 0 Å². The lowest BCUT2D eigenvalue weighted by Gasteiger charge is -2.09. The number of halogens is 2. The lowest BCUT2D eigenvalue weighted by atomic mass is 10.4. The molecule has 0 fully saturated rings. The third-order valence-electron chi connectivity index (χ3n) is 3.16. The van der Waals surface area contributed by atoms with Crippen LogP contribution in [0.2, 0.25) is 0 Å². The van der Waals surface area contributed by atoms with Gasteiger partial charge in [0.15, 0.2) is 5.65 Å². The Bertz CT molecular complexity index is 761. The molecule has 1 atom stereocenters. The Balaban J connectivity index is 2.16. The first-order valence-electron chi connectivity index (χ1n) is 6.18. The van der Waals surface area contributed by atoms with E-state index in [1.165, 1.54) is 0 Å². The van der Waals surface area contributed by atoms with Crippen molar-refractivity contribution in [2.45, 2.75) is 18.8 Å². The minimum Gasteiger partial charge on any atom is -0.337 e. The topological polar surface area (TPSA) is 48.5 Å². The SMILES string of the molecule is CC(Cl)c1nc2cc(Br)cnc2n1Cc1nccn1C. The fourth-order valence-corrected chi connectivity index (χ4v) is 2.64. The predicted octanol–water partition coefficient (Wildman–Crippen LogP) is 3.28. The first kappa shape index (κ1) is 13.6. The Morgan fingerprint density at radius 2 is 2.20 bits per heavy atom. The molecule has 0 saturated carbocycles. The van der Waals surface area contributed by atoms with Gasteiger partial charge in [-0.3, -0.25) is 0 Å². The molecule has 104 valence electrons. The van der Waals surface area contributed by atoms with Crippen LogP contribution in [0.4, 0.5) is 0 Å². The van der Waals surface area contributed by atoms with Crippen LogP contribution in [0.5, 0.6) is 0 Å². The first-order chi connectivity index (χ1) is 9.56. The summed E-state index contributed by atoms with van der Waals surface area (Å²) in [5, 5.41) is -0.191. The van der Waals surface area contributed by atoms with Gasteiger partial charge in [-0.15, -0.1) is 11.6 Å². The standard InChI is InChI=1S/C13H13BrClN5/c1-8(15)12-18-10-5-9(14)6-17-13(10)20(12)7-11-16-3-4-19(11)2/h3-6,8H,7H2,1-2H3. The van der Waals surface area contributed by atoms with Gasteiger partial charge in [0, 0.05) is 30.1 Å². The molecule has 0 amide bonds. The zero-order valence-corrected chi connectivity index (χ0v) is 13.4. The summed E-state index contributed by atoms with van der Waals surface area (Å²) in [6.45, 7) is 2.51. The Kier molecular flexibility index (Phi) is 3.52. The largest absolute Gasteiger partial charge is 0.337 e. The highest BCUT2D eigenvalue weighted by Gasteiger charge is 2.17. The summed E-state index contributed by atoms with van der Waals surface area (Å²) in [6, 6.07) is 1.94. The Morgan fingerprint density at radius 1 is 1.40 bits per heavy atom. The van der Waals surface area contributed by atoms with Gasteiger partial charge in [-0.05, 0) is 28.9 Å². The van der Waals surface area contributed by atoms with Crippen LogP contribution in [-0.4, -0.2) is 24.1 Å². The van der Waals surface area contributed by atoms with Crippen LogP contribution < -0.4 is 0 Å². The number of imidazole rings is 2. The van der Waals surface area contributed by atoms with Crippen LogP contribution in [-0.2, 0) is 13.6 Å². The van der Waals surface area contributed by atoms with Crippen LogP contribution >= 0.6 is 27.5 Å². The van der Waals surface area contributed by atoms with E-state index in [1.807, 2.05) is 35.4 Å². The van der Waals surface area contributed by atoms with Gasteiger partial charge < -0.3 is 9.13 Å². The molecule has 1 unspecified atom stereocenters. The zero-order chi connectivity index (χ0) is 14.3. The zero-order valence-electron chi connectivity index (χ0n) is 11.1. The normalized spacial score (nSPS) is 13.0. The summed E-state index contributed by atoms with van der Waals surface area (Å²) in [4.78, 5) is 13.4. The molecule has 0 radical (unpaired) electrons. The maximum Gasteiger partial charge on any atom is 0.160 e. The van der Waals surface area contributed by atoms with E-state index in [2.05, 4.69) is 30.9 Å². The highest BCUT2D eigenvalue weighted by molar-refractivity contribution is 9.10. The number of pyridine rings is 1. The summed E-state index contributed by atoms with van der Waals surface area (Å²) in [5.41, 5.74) is 1.65. The molecule has 3 heterocycles. The third kappa shape index (κ3) is 2.33. The van der Waals surface area contributed by atoms with E-state index in [0.717, 1.165) is 27.3 Å². The lowest BCUT2D eigenvalue weighted by Crippen LogP contribution is -2.10. The van der Waals surface area contributed by atoms with E-state index in [-0.39, 0.29) is 5.38 Å². The smallest absolute Gasteiger partial charge is 0.160 e. The van der Waals surface area contributed by atoms with Crippen molar-refractivity contribution in [1.82, 2.24) is 24.1 Å². The molecule has 7 heteroatoms. The maximum atomic E-state index is 6.25. The highest BCUT2D eigenvalue weighted by Crippen LogP contribution is 2.25. The summed E-state index contributed by atoms with van der Waals surface area (Å²) in [6.07, 6.45) is 5.46. The molecule has 5 nitrogen and oxygen atoms in total. The van der Waals surface area contributed by atoms with Crippen LogP contribution in [0.1, 0.15) is 23.9 Å². The summed E-state index contributed by atoms with van der Waals surface area (Å²) in [7, 11) is 1.97. The minimum absolute atomic E-state index is 0.191. The fraction of sp³-hybridized carbons (Fsp3) is 0.308. The maximum absolute atomic E-state index is 6.25. The molecule has 0 aliphatic rings. The van der Waals surface area contributed by atoms with Gasteiger partial charge in [-0.25, -0.2) is 15.0 Å². The van der Waals surface area contributed by atoms with Crippen LogP contribution in [0, 0.1) is 0 Å². The number of aromatic nitrogens is 5. The second-order valence-electron chi connectivity index (χ2n) is 4.62. The van der Waals surface area contributed by atoms with E-state index in [1.54, 1.807) is 12.4 Å². The van der Waals surface area contributed by atoms with Gasteiger partial charge in [-0.1, -0.05) is 0 Å². The number of fused-ring (bicyclic) bond motifs is 1. The quantitative estimate of drug-likeness (QED) is 0.678. The van der Waals surface area contributed by atoms with Gasteiger partial charge in [0.05, 0.1) is 11.9 Å². The molecule has 0 spiro atoms. The molecule has 0 aliphatic carbocycles. The van der Waals surface area contributed by atoms with Crippen molar-refractivity contribution in [3.05, 3.63) is 40.8 Å². The number of alkyl halides is 1. The van der Waals surface area contributed by atoms with E-state index in [4.69, 9.17) is 11.6 Å². The van der Waals surface area contributed by atoms with Gasteiger partial charge in [0.1, 0.15) is 17.2 Å². The van der Waals surface area contributed by atoms with E-state index < -0.39 is 0 Å². The highest BCUT2D eigenvalue weighted by atomic mass is 79.9. The van der Waals surface area contributed by atoms with Gasteiger partial charge >= 0.3 is 0 Å². The molecule has 3 aromatic heterocycles. The van der Waals surface area contributed by atoms with Crippen molar-refractivity contribution in [3.63, 3.8) is 0 Å². The second kappa shape index (κ2) is 5.18. The van der Waals surface area contributed by atoms with Crippen molar-refractivity contribution in [2.75, 3.05) is 0 Å². The number of hydrogen-bond donors (Lipinski definition) is 0. The summed E-state index contributed by atoms with van der Waals surface area (Å²) >= 11 is 9.66. The average Bonchev–Trinajstić information content (AvgIpc) is 2.95. The molecule has 0 N–H and O–H groups in total. The van der Waals surface area contributed by atoms with E-state index in [9.17, 15) is 0 Å². The Hall–Kier alpha value is -1.40. The Labute approximate surface area is 129 Å². The van der Waals surface area contributed by atoms with Crippen molar-refractivity contribution < 1.29 is 0 Å². The summed E-state index contributed by atoms with van der Waals surface area (Å²) in [5.74, 6) is 1.74. The molecule has 3 aromatic rings. The third-order valence-corrected chi connectivity index (χ3v) is 3.79.